The van der Waals surface area contributed by atoms with Crippen LogP contribution in [0.4, 0.5) is 0 Å². The van der Waals surface area contributed by atoms with Gasteiger partial charge in [0.2, 0.25) is 0 Å². The average molecular weight is 344 g/mol. The second kappa shape index (κ2) is 11.7. The van der Waals surface area contributed by atoms with Crippen molar-refractivity contribution in [2.45, 2.75) is 45.6 Å². The summed E-state index contributed by atoms with van der Waals surface area (Å²) < 4.78 is 5.69. The molecule has 0 amide bonds. The smallest absolute Gasteiger partial charge is 0.119 e. The van der Waals surface area contributed by atoms with Crippen LogP contribution in [0, 0.1) is 0 Å². The third-order valence-electron chi connectivity index (χ3n) is 3.96. The fourth-order valence-corrected chi connectivity index (χ4v) is 2.38. The van der Waals surface area contributed by atoms with Crippen molar-refractivity contribution in [1.82, 2.24) is 5.32 Å². The Morgan fingerprint density at radius 3 is 2.56 bits per heavy atom. The number of nitrogens with one attached hydrogen (secondary N) is 1. The normalized spacial score (nSPS) is 13.4. The summed E-state index contributed by atoms with van der Waals surface area (Å²) in [5, 5.41) is 13.9. The Hall–Kier alpha value is -1.84. The molecular formula is C22H33NO2. The minimum absolute atomic E-state index is 0.541. The molecule has 0 aliphatic rings. The van der Waals surface area contributed by atoms with E-state index in [9.17, 15) is 5.11 Å². The third kappa shape index (κ3) is 9.28. The van der Waals surface area contributed by atoms with E-state index in [4.69, 9.17) is 4.74 Å². The van der Waals surface area contributed by atoms with Gasteiger partial charge in [-0.15, -0.1) is 6.58 Å². The van der Waals surface area contributed by atoms with E-state index in [1.165, 1.54) is 5.57 Å². The van der Waals surface area contributed by atoms with E-state index >= 15 is 0 Å². The molecule has 1 rings (SSSR count). The number of ether oxygens (including phenoxy) is 1. The first-order valence-corrected chi connectivity index (χ1v) is 9.01. The molecule has 1 atom stereocenters. The van der Waals surface area contributed by atoms with Gasteiger partial charge >= 0.3 is 0 Å². The molecule has 0 saturated carbocycles. The van der Waals surface area contributed by atoms with Crippen LogP contribution in [-0.4, -0.2) is 24.8 Å². The van der Waals surface area contributed by atoms with Gasteiger partial charge in [0, 0.05) is 6.54 Å². The third-order valence-corrected chi connectivity index (χ3v) is 3.96. The Labute approximate surface area is 153 Å². The fourth-order valence-electron chi connectivity index (χ4n) is 2.38. The Kier molecular flexibility index (Phi) is 9.90. The number of allylic oxidation sites excluding steroid dienone is 2. The van der Waals surface area contributed by atoms with Crippen molar-refractivity contribution in [2.75, 3.05) is 19.7 Å². The van der Waals surface area contributed by atoms with E-state index < -0.39 is 5.60 Å². The van der Waals surface area contributed by atoms with Crippen molar-refractivity contribution in [3.8, 4) is 5.75 Å². The lowest BCUT2D eigenvalue weighted by atomic mass is 9.91. The van der Waals surface area contributed by atoms with Gasteiger partial charge < -0.3 is 15.2 Å². The number of aliphatic hydroxyl groups is 1. The van der Waals surface area contributed by atoms with Crippen LogP contribution in [0.2, 0.25) is 0 Å². The molecule has 138 valence electrons. The summed E-state index contributed by atoms with van der Waals surface area (Å²) in [6, 6.07) is 7.72. The molecule has 0 aliphatic carbocycles. The summed E-state index contributed by atoms with van der Waals surface area (Å²) in [6.07, 6.45) is 10.7. The van der Waals surface area contributed by atoms with E-state index in [2.05, 4.69) is 37.9 Å². The molecule has 0 fully saturated rings. The van der Waals surface area contributed by atoms with Gasteiger partial charge in [-0.2, -0.15) is 0 Å². The first-order chi connectivity index (χ1) is 12.0. The summed E-state index contributed by atoms with van der Waals surface area (Å²) in [6.45, 7) is 12.0. The summed E-state index contributed by atoms with van der Waals surface area (Å²) in [5.74, 6) is 0.813. The van der Waals surface area contributed by atoms with Crippen molar-refractivity contribution < 1.29 is 9.84 Å². The second-order valence-electron chi connectivity index (χ2n) is 6.68. The Morgan fingerprint density at radius 2 is 1.92 bits per heavy atom. The summed E-state index contributed by atoms with van der Waals surface area (Å²) in [4.78, 5) is 0. The van der Waals surface area contributed by atoms with Gasteiger partial charge in [0.05, 0.1) is 5.60 Å². The quantitative estimate of drug-likeness (QED) is 0.425. The zero-order chi connectivity index (χ0) is 18.5. The molecule has 0 spiro atoms. The van der Waals surface area contributed by atoms with Gasteiger partial charge in [0.25, 0.3) is 0 Å². The van der Waals surface area contributed by atoms with E-state index in [1.54, 1.807) is 0 Å². The number of rotatable bonds is 12. The van der Waals surface area contributed by atoms with Gasteiger partial charge in [0.15, 0.2) is 0 Å². The van der Waals surface area contributed by atoms with Crippen molar-refractivity contribution in [2.24, 2.45) is 0 Å². The number of hydrogen-bond acceptors (Lipinski definition) is 3. The molecule has 0 aromatic heterocycles. The highest BCUT2D eigenvalue weighted by atomic mass is 16.5. The summed E-state index contributed by atoms with van der Waals surface area (Å²) in [5.41, 5.74) is 1.38. The van der Waals surface area contributed by atoms with Crippen molar-refractivity contribution in [3.05, 3.63) is 66.3 Å². The van der Waals surface area contributed by atoms with E-state index in [-0.39, 0.29) is 0 Å². The average Bonchev–Trinajstić information content (AvgIpc) is 2.57. The zero-order valence-corrected chi connectivity index (χ0v) is 15.9. The molecule has 25 heavy (non-hydrogen) atoms. The van der Waals surface area contributed by atoms with E-state index in [0.29, 0.717) is 13.0 Å². The van der Waals surface area contributed by atoms with E-state index in [1.807, 2.05) is 43.3 Å². The second-order valence-corrected chi connectivity index (χ2v) is 6.68. The first kappa shape index (κ1) is 21.2. The highest BCUT2D eigenvalue weighted by molar-refractivity contribution is 5.30. The minimum atomic E-state index is -0.818. The molecule has 0 aliphatic heterocycles. The fraction of sp³-hybridized carbons (Fsp3) is 0.455. The first-order valence-electron chi connectivity index (χ1n) is 9.01. The molecule has 0 heterocycles. The van der Waals surface area contributed by atoms with Crippen LogP contribution in [0.5, 0.6) is 5.75 Å². The van der Waals surface area contributed by atoms with Gasteiger partial charge in [-0.3, -0.25) is 0 Å². The van der Waals surface area contributed by atoms with Crippen molar-refractivity contribution in [3.63, 3.8) is 0 Å². The summed E-state index contributed by atoms with van der Waals surface area (Å²) >= 11 is 0. The number of hydrogen-bond donors (Lipinski definition) is 2. The molecule has 3 heteroatoms. The highest BCUT2D eigenvalue weighted by Gasteiger charge is 2.21. The van der Waals surface area contributed by atoms with Gasteiger partial charge in [-0.05, 0) is 64.3 Å². The lowest BCUT2D eigenvalue weighted by molar-refractivity contribution is 0.0487. The SMILES string of the molecule is C=CCCNCC=CCOc1ccc(C(C)(O)CCC=C(C)C)cc1. The molecule has 1 aromatic rings. The van der Waals surface area contributed by atoms with Gasteiger partial charge in [0.1, 0.15) is 12.4 Å². The molecule has 1 aromatic carbocycles. The predicted molar refractivity (Wildman–Crippen MR) is 107 cm³/mol. The van der Waals surface area contributed by atoms with Crippen LogP contribution < -0.4 is 10.1 Å². The van der Waals surface area contributed by atoms with Gasteiger partial charge in [-0.1, -0.05) is 42.0 Å². The largest absolute Gasteiger partial charge is 0.490 e. The maximum Gasteiger partial charge on any atom is 0.119 e. The Morgan fingerprint density at radius 1 is 1.20 bits per heavy atom. The Bertz CT molecular complexity index is 552. The van der Waals surface area contributed by atoms with Crippen LogP contribution >= 0.6 is 0 Å². The van der Waals surface area contributed by atoms with Crippen LogP contribution in [-0.2, 0) is 5.60 Å². The molecular weight excluding hydrogens is 310 g/mol. The molecule has 3 nitrogen and oxygen atoms in total. The standard InChI is InChI=1S/C22H33NO2/c1-5-6-16-23-17-7-8-18-25-21-13-11-20(12-14-21)22(4,24)15-9-10-19(2)3/h5,7-8,10-14,23-24H,1,6,9,15-18H2,2-4H3. The van der Waals surface area contributed by atoms with Gasteiger partial charge in [-0.25, -0.2) is 0 Å². The molecule has 1 unspecified atom stereocenters. The maximum atomic E-state index is 10.6. The zero-order valence-electron chi connectivity index (χ0n) is 15.9. The summed E-state index contributed by atoms with van der Waals surface area (Å²) in [7, 11) is 0. The van der Waals surface area contributed by atoms with Crippen molar-refractivity contribution >= 4 is 0 Å². The topological polar surface area (TPSA) is 41.5 Å². The lowest BCUT2D eigenvalue weighted by Gasteiger charge is -2.23. The highest BCUT2D eigenvalue weighted by Crippen LogP contribution is 2.28. The number of benzene rings is 1. The Balaban J connectivity index is 2.38. The lowest BCUT2D eigenvalue weighted by Crippen LogP contribution is -2.20. The molecule has 0 radical (unpaired) electrons. The molecule has 0 bridgehead atoms. The monoisotopic (exact) mass is 343 g/mol. The van der Waals surface area contributed by atoms with Crippen molar-refractivity contribution in [1.29, 1.82) is 0 Å². The minimum Gasteiger partial charge on any atom is -0.490 e. The van der Waals surface area contributed by atoms with E-state index in [0.717, 1.165) is 37.2 Å². The molecule has 0 saturated heterocycles. The maximum absolute atomic E-state index is 10.6. The molecule has 2 N–H and O–H groups in total. The predicted octanol–water partition coefficient (Wildman–Crippen LogP) is 4.74. The van der Waals surface area contributed by atoms with Crippen LogP contribution in [0.1, 0.15) is 45.6 Å². The van der Waals surface area contributed by atoms with Crippen LogP contribution in [0.15, 0.2) is 60.7 Å². The van der Waals surface area contributed by atoms with Crippen LogP contribution in [0.25, 0.3) is 0 Å². The van der Waals surface area contributed by atoms with Crippen LogP contribution in [0.3, 0.4) is 0 Å².